The van der Waals surface area contributed by atoms with Crippen molar-refractivity contribution in [1.29, 1.82) is 0 Å². The van der Waals surface area contributed by atoms with E-state index in [0.717, 1.165) is 28.1 Å². The zero-order valence-corrected chi connectivity index (χ0v) is 18.1. The number of nitrogens with zero attached hydrogens (tertiary/aromatic N) is 2. The third-order valence-electron chi connectivity index (χ3n) is 5.03. The van der Waals surface area contributed by atoms with E-state index in [-0.39, 0.29) is 18.4 Å². The predicted molar refractivity (Wildman–Crippen MR) is 125 cm³/mol. The number of aromatic nitrogens is 1. The van der Waals surface area contributed by atoms with Gasteiger partial charge in [0.1, 0.15) is 6.54 Å². The zero-order chi connectivity index (χ0) is 21.6. The summed E-state index contributed by atoms with van der Waals surface area (Å²) in [7, 11) is 0. The van der Waals surface area contributed by atoms with E-state index < -0.39 is 0 Å². The monoisotopic (exact) mass is 429 g/mol. The van der Waals surface area contributed by atoms with Crippen LogP contribution in [0.5, 0.6) is 0 Å². The second-order valence-corrected chi connectivity index (χ2v) is 8.29. The highest BCUT2D eigenvalue weighted by Crippen LogP contribution is 2.41. The Balaban J connectivity index is 1.54. The summed E-state index contributed by atoms with van der Waals surface area (Å²) >= 11 is 1.44. The van der Waals surface area contributed by atoms with Crippen LogP contribution in [0.3, 0.4) is 0 Å². The molecule has 0 unspecified atom stereocenters. The fourth-order valence-electron chi connectivity index (χ4n) is 3.32. The summed E-state index contributed by atoms with van der Waals surface area (Å²) < 4.78 is 0. The van der Waals surface area contributed by atoms with Crippen LogP contribution in [-0.2, 0) is 22.6 Å². The molecule has 6 heteroatoms. The second kappa shape index (κ2) is 9.62. The van der Waals surface area contributed by atoms with Gasteiger partial charge >= 0.3 is 0 Å². The van der Waals surface area contributed by atoms with Crippen LogP contribution in [0.2, 0.25) is 0 Å². The number of hydrogen-bond acceptors (Lipinski definition) is 4. The summed E-state index contributed by atoms with van der Waals surface area (Å²) in [5.41, 5.74) is 3.89. The number of pyridine rings is 1. The molecule has 31 heavy (non-hydrogen) atoms. The van der Waals surface area contributed by atoms with Gasteiger partial charge in [-0.2, -0.15) is 0 Å². The van der Waals surface area contributed by atoms with Gasteiger partial charge in [0.15, 0.2) is 0 Å². The standard InChI is InChI=1S/C25H23N3O2S/c1-2-18-9-11-19(12-10-18)14-23-25(30)28(21-7-3-4-8-22(21)31-23)17-24(29)27-16-20-6-5-13-26-15-20/h3-15H,2,16-17H2,1H3,(H,27,29). The fraction of sp³-hybridized carbons (Fsp3) is 0.160. The SMILES string of the molecule is CCc1ccc(C=C2Sc3ccccc3N(CC(=O)NCc3cccnc3)C2=O)cc1. The van der Waals surface area contributed by atoms with Gasteiger partial charge in [-0.05, 0) is 47.4 Å². The van der Waals surface area contributed by atoms with Crippen molar-refractivity contribution >= 4 is 35.3 Å². The van der Waals surface area contributed by atoms with Crippen LogP contribution in [0.1, 0.15) is 23.6 Å². The van der Waals surface area contributed by atoms with Crippen molar-refractivity contribution in [2.24, 2.45) is 0 Å². The minimum Gasteiger partial charge on any atom is -0.350 e. The van der Waals surface area contributed by atoms with Crippen molar-refractivity contribution in [2.75, 3.05) is 11.4 Å². The number of rotatable bonds is 6. The summed E-state index contributed by atoms with van der Waals surface area (Å²) in [5, 5.41) is 2.88. The van der Waals surface area contributed by atoms with Gasteiger partial charge in [-0.25, -0.2) is 0 Å². The van der Waals surface area contributed by atoms with E-state index in [9.17, 15) is 9.59 Å². The first-order valence-electron chi connectivity index (χ1n) is 10.2. The first kappa shape index (κ1) is 20.9. The number of anilines is 1. The van der Waals surface area contributed by atoms with E-state index in [1.165, 1.54) is 17.3 Å². The number of fused-ring (bicyclic) bond motifs is 1. The van der Waals surface area contributed by atoms with E-state index >= 15 is 0 Å². The molecule has 2 heterocycles. The molecule has 0 saturated carbocycles. The maximum atomic E-state index is 13.3. The molecule has 2 amide bonds. The van der Waals surface area contributed by atoms with Gasteiger partial charge in [0, 0.05) is 23.8 Å². The number of benzene rings is 2. The molecule has 2 aromatic carbocycles. The molecule has 0 saturated heterocycles. The average molecular weight is 430 g/mol. The minimum absolute atomic E-state index is 0.0389. The van der Waals surface area contributed by atoms with Crippen LogP contribution >= 0.6 is 11.8 Å². The van der Waals surface area contributed by atoms with Gasteiger partial charge in [-0.3, -0.25) is 19.5 Å². The molecule has 0 aliphatic carbocycles. The molecule has 0 fully saturated rings. The van der Waals surface area contributed by atoms with Crippen LogP contribution in [-0.4, -0.2) is 23.3 Å². The lowest BCUT2D eigenvalue weighted by Crippen LogP contribution is -2.42. The maximum Gasteiger partial charge on any atom is 0.265 e. The molecular weight excluding hydrogens is 406 g/mol. The van der Waals surface area contributed by atoms with Crippen LogP contribution < -0.4 is 10.2 Å². The molecule has 1 aliphatic rings. The Bertz CT molecular complexity index is 1110. The molecule has 1 N–H and O–H groups in total. The van der Waals surface area contributed by atoms with E-state index in [2.05, 4.69) is 29.4 Å². The Morgan fingerprint density at radius 2 is 1.87 bits per heavy atom. The Hall–Kier alpha value is -3.38. The summed E-state index contributed by atoms with van der Waals surface area (Å²) in [6, 6.07) is 19.6. The summed E-state index contributed by atoms with van der Waals surface area (Å²) in [6.45, 7) is 2.45. The summed E-state index contributed by atoms with van der Waals surface area (Å²) in [6.07, 6.45) is 6.27. The predicted octanol–water partition coefficient (Wildman–Crippen LogP) is 4.44. The van der Waals surface area contributed by atoms with E-state index in [1.54, 1.807) is 17.3 Å². The number of nitrogens with one attached hydrogen (secondary N) is 1. The van der Waals surface area contributed by atoms with Crippen LogP contribution in [0, 0.1) is 0 Å². The molecule has 156 valence electrons. The van der Waals surface area contributed by atoms with Gasteiger partial charge in [-0.15, -0.1) is 0 Å². The molecule has 0 atom stereocenters. The molecule has 0 radical (unpaired) electrons. The van der Waals surface area contributed by atoms with Gasteiger partial charge in [0.25, 0.3) is 5.91 Å². The number of hydrogen-bond donors (Lipinski definition) is 1. The Morgan fingerprint density at radius 3 is 2.61 bits per heavy atom. The number of amides is 2. The van der Waals surface area contributed by atoms with Crippen molar-refractivity contribution in [1.82, 2.24) is 10.3 Å². The Morgan fingerprint density at radius 1 is 1.06 bits per heavy atom. The lowest BCUT2D eigenvalue weighted by atomic mass is 10.1. The summed E-state index contributed by atoms with van der Waals surface area (Å²) in [4.78, 5) is 33.1. The molecule has 4 rings (SSSR count). The lowest BCUT2D eigenvalue weighted by molar-refractivity contribution is -0.122. The maximum absolute atomic E-state index is 13.3. The van der Waals surface area contributed by atoms with Crippen molar-refractivity contribution in [3.8, 4) is 0 Å². The van der Waals surface area contributed by atoms with Crippen molar-refractivity contribution in [2.45, 2.75) is 24.8 Å². The highest BCUT2D eigenvalue weighted by Gasteiger charge is 2.30. The summed E-state index contributed by atoms with van der Waals surface area (Å²) in [5.74, 6) is -0.384. The molecule has 1 aliphatic heterocycles. The van der Waals surface area contributed by atoms with Gasteiger partial charge in [0.2, 0.25) is 5.91 Å². The third kappa shape index (κ3) is 5.03. The zero-order valence-electron chi connectivity index (χ0n) is 17.2. The molecule has 3 aromatic rings. The second-order valence-electron chi connectivity index (χ2n) is 7.20. The molecule has 5 nitrogen and oxygen atoms in total. The molecule has 1 aromatic heterocycles. The Labute approximate surface area is 186 Å². The van der Waals surface area contributed by atoms with Crippen LogP contribution in [0.25, 0.3) is 6.08 Å². The fourth-order valence-corrected chi connectivity index (χ4v) is 4.38. The minimum atomic E-state index is -0.217. The van der Waals surface area contributed by atoms with E-state index in [0.29, 0.717) is 11.4 Å². The molecule has 0 bridgehead atoms. The molecular formula is C25H23N3O2S. The van der Waals surface area contributed by atoms with Gasteiger partial charge < -0.3 is 5.32 Å². The van der Waals surface area contributed by atoms with Gasteiger partial charge in [-0.1, -0.05) is 61.2 Å². The topological polar surface area (TPSA) is 62.3 Å². The largest absolute Gasteiger partial charge is 0.350 e. The van der Waals surface area contributed by atoms with Crippen LogP contribution in [0.4, 0.5) is 5.69 Å². The quantitative estimate of drug-likeness (QED) is 0.589. The van der Waals surface area contributed by atoms with E-state index in [1.807, 2.05) is 54.6 Å². The highest BCUT2D eigenvalue weighted by atomic mass is 32.2. The normalized spacial score (nSPS) is 14.4. The number of carbonyl (C=O) groups is 2. The van der Waals surface area contributed by atoms with Gasteiger partial charge in [0.05, 0.1) is 10.6 Å². The lowest BCUT2D eigenvalue weighted by Gasteiger charge is -2.29. The number of carbonyl (C=O) groups excluding carboxylic acids is 2. The number of aryl methyl sites for hydroxylation is 1. The van der Waals surface area contributed by atoms with E-state index in [4.69, 9.17) is 0 Å². The van der Waals surface area contributed by atoms with Crippen molar-refractivity contribution in [3.63, 3.8) is 0 Å². The van der Waals surface area contributed by atoms with Crippen molar-refractivity contribution < 1.29 is 9.59 Å². The van der Waals surface area contributed by atoms with Crippen LogP contribution in [0.15, 0.2) is 82.9 Å². The number of para-hydroxylation sites is 1. The first-order chi connectivity index (χ1) is 15.1. The first-order valence-corrected chi connectivity index (χ1v) is 11.0. The Kier molecular flexibility index (Phi) is 6.48. The molecule has 0 spiro atoms. The van der Waals surface area contributed by atoms with Crippen molar-refractivity contribution in [3.05, 3.63) is 94.7 Å². The smallest absolute Gasteiger partial charge is 0.265 e. The number of thioether (sulfide) groups is 1. The third-order valence-corrected chi connectivity index (χ3v) is 6.11. The average Bonchev–Trinajstić information content (AvgIpc) is 2.81. The highest BCUT2D eigenvalue weighted by molar-refractivity contribution is 8.04.